The van der Waals surface area contributed by atoms with Crippen LogP contribution >= 0.6 is 0 Å². The van der Waals surface area contributed by atoms with Gasteiger partial charge in [-0.1, -0.05) is 25.5 Å². The topological polar surface area (TPSA) is 35.5 Å². The van der Waals surface area contributed by atoms with Crippen LogP contribution in [0.25, 0.3) is 0 Å². The van der Waals surface area contributed by atoms with E-state index in [0.29, 0.717) is 17.6 Å². The first-order valence-corrected chi connectivity index (χ1v) is 9.98. The average molecular weight is 330 g/mol. The Morgan fingerprint density at radius 1 is 1.04 bits per heavy atom. The predicted octanol–water partition coefficient (Wildman–Crippen LogP) is 3.91. The first-order chi connectivity index (χ1) is 11.5. The molecule has 0 N–H and O–H groups in total. The highest BCUT2D eigenvalue weighted by molar-refractivity contribution is 5.87. The summed E-state index contributed by atoms with van der Waals surface area (Å²) in [7, 11) is 0. The molecule has 24 heavy (non-hydrogen) atoms. The van der Waals surface area contributed by atoms with Crippen molar-refractivity contribution in [2.24, 2.45) is 28.6 Å². The van der Waals surface area contributed by atoms with Gasteiger partial charge in [0.25, 0.3) is 0 Å². The maximum absolute atomic E-state index is 12.5. The second kappa shape index (κ2) is 5.17. The van der Waals surface area contributed by atoms with Crippen LogP contribution in [0, 0.1) is 28.6 Å². The van der Waals surface area contributed by atoms with Crippen LogP contribution in [0.2, 0.25) is 0 Å². The molecule has 3 saturated carbocycles. The van der Waals surface area contributed by atoms with Gasteiger partial charge < -0.3 is 9.47 Å². The number of allylic oxidation sites excluding steroid dienone is 1. The zero-order valence-corrected chi connectivity index (χ0v) is 15.1. The van der Waals surface area contributed by atoms with E-state index in [1.54, 1.807) is 5.57 Å². The molecule has 1 aliphatic heterocycles. The molecule has 5 aliphatic rings. The molecule has 4 aliphatic carbocycles. The van der Waals surface area contributed by atoms with E-state index in [1.807, 2.05) is 0 Å². The molecule has 1 heterocycles. The first kappa shape index (κ1) is 15.6. The lowest BCUT2D eigenvalue weighted by Gasteiger charge is -2.58. The van der Waals surface area contributed by atoms with Crippen LogP contribution in [0.4, 0.5) is 0 Å². The minimum Gasteiger partial charge on any atom is -0.373 e. The summed E-state index contributed by atoms with van der Waals surface area (Å²) in [5.41, 5.74) is 1.87. The smallest absolute Gasteiger partial charge is 0.139 e. The van der Waals surface area contributed by atoms with E-state index >= 15 is 0 Å². The number of carbonyl (C=O) groups is 1. The molecule has 0 aromatic carbocycles. The Balaban J connectivity index is 1.48. The molecular weight excluding hydrogens is 300 g/mol. The fraction of sp³-hybridized carbons (Fsp3) is 0.857. The van der Waals surface area contributed by atoms with Crippen molar-refractivity contribution in [3.05, 3.63) is 11.6 Å². The Morgan fingerprint density at radius 2 is 1.79 bits per heavy atom. The van der Waals surface area contributed by atoms with Crippen LogP contribution in [-0.2, 0) is 14.3 Å². The second-order valence-electron chi connectivity index (χ2n) is 9.40. The minimum absolute atomic E-state index is 0.0233. The molecule has 3 heteroatoms. The largest absolute Gasteiger partial charge is 0.373 e. The highest BCUT2D eigenvalue weighted by Gasteiger charge is 2.59. The van der Waals surface area contributed by atoms with Crippen molar-refractivity contribution in [1.82, 2.24) is 0 Å². The Bertz CT molecular complexity index is 596. The number of ether oxygens (including phenoxy) is 2. The van der Waals surface area contributed by atoms with E-state index in [9.17, 15) is 4.79 Å². The van der Waals surface area contributed by atoms with Crippen molar-refractivity contribution in [3.8, 4) is 0 Å². The summed E-state index contributed by atoms with van der Waals surface area (Å²) in [5.74, 6) is 2.58. The summed E-state index contributed by atoms with van der Waals surface area (Å²) in [6.07, 6.45) is 10.7. The fourth-order valence-electron chi connectivity index (χ4n) is 7.16. The van der Waals surface area contributed by atoms with Crippen LogP contribution in [0.1, 0.15) is 58.8 Å². The number of hydrogen-bond acceptors (Lipinski definition) is 3. The summed E-state index contributed by atoms with van der Waals surface area (Å²) in [4.78, 5) is 12.5. The van der Waals surface area contributed by atoms with Crippen LogP contribution in [0.5, 0.6) is 0 Å². The van der Waals surface area contributed by atoms with Gasteiger partial charge in [0.1, 0.15) is 5.78 Å². The van der Waals surface area contributed by atoms with Crippen LogP contribution in [0.15, 0.2) is 11.6 Å². The summed E-state index contributed by atoms with van der Waals surface area (Å²) >= 11 is 0. The van der Waals surface area contributed by atoms with Crippen molar-refractivity contribution in [2.75, 3.05) is 13.2 Å². The molecule has 7 atom stereocenters. The summed E-state index contributed by atoms with van der Waals surface area (Å²) in [6, 6.07) is 0. The Labute approximate surface area is 145 Å². The summed E-state index contributed by atoms with van der Waals surface area (Å²) in [6.45, 7) is 6.25. The maximum atomic E-state index is 12.5. The fourth-order valence-corrected chi connectivity index (χ4v) is 7.16. The third-order valence-corrected chi connectivity index (χ3v) is 8.54. The van der Waals surface area contributed by atoms with Gasteiger partial charge >= 0.3 is 0 Å². The molecule has 2 unspecified atom stereocenters. The summed E-state index contributed by atoms with van der Waals surface area (Å²) in [5, 5.41) is 0. The number of carbonyl (C=O) groups excluding carboxylic acids is 1. The van der Waals surface area contributed by atoms with Gasteiger partial charge in [0.05, 0.1) is 25.4 Å². The van der Waals surface area contributed by atoms with Gasteiger partial charge in [-0.05, 0) is 61.7 Å². The summed E-state index contributed by atoms with van der Waals surface area (Å²) < 4.78 is 12.1. The second-order valence-corrected chi connectivity index (χ2v) is 9.40. The van der Waals surface area contributed by atoms with E-state index in [4.69, 9.17) is 9.47 Å². The molecular formula is C21H30O3. The third kappa shape index (κ3) is 1.94. The SMILES string of the molecule is C[C@]12CC3OCCOC3CC1=CC[C@@H]1[C@@H]2CC[C@]2(C)C(=O)CC[C@@H]12. The van der Waals surface area contributed by atoms with Crippen LogP contribution in [-0.4, -0.2) is 31.2 Å². The van der Waals surface area contributed by atoms with E-state index < -0.39 is 0 Å². The van der Waals surface area contributed by atoms with Gasteiger partial charge in [0, 0.05) is 11.8 Å². The highest BCUT2D eigenvalue weighted by Crippen LogP contribution is 2.64. The molecule has 3 nitrogen and oxygen atoms in total. The lowest BCUT2D eigenvalue weighted by atomic mass is 9.48. The van der Waals surface area contributed by atoms with Crippen molar-refractivity contribution < 1.29 is 14.3 Å². The quantitative estimate of drug-likeness (QED) is 0.632. The highest BCUT2D eigenvalue weighted by atomic mass is 16.6. The normalized spacial score (nSPS) is 53.5. The number of hydrogen-bond donors (Lipinski definition) is 0. The number of ketones is 1. The lowest BCUT2D eigenvalue weighted by Crippen LogP contribution is -2.55. The number of rotatable bonds is 0. The molecule has 5 rings (SSSR count). The molecule has 4 fully saturated rings. The van der Waals surface area contributed by atoms with Crippen LogP contribution in [0.3, 0.4) is 0 Å². The van der Waals surface area contributed by atoms with Gasteiger partial charge in [-0.2, -0.15) is 0 Å². The number of fused-ring (bicyclic) bond motifs is 6. The molecule has 132 valence electrons. The standard InChI is InChI=1S/C21H30O3/c1-20-8-7-16-14(15(20)5-6-19(20)22)4-3-13-11-17-18(12-21(13,16)2)24-10-9-23-17/h3,14-18H,4-12H2,1-2H3/t14-,15-,16-,17?,18?,20-,21-/m0/s1. The third-order valence-electron chi connectivity index (χ3n) is 8.54. The van der Waals surface area contributed by atoms with E-state index in [2.05, 4.69) is 19.9 Å². The van der Waals surface area contributed by atoms with Gasteiger partial charge in [-0.15, -0.1) is 0 Å². The van der Waals surface area contributed by atoms with Gasteiger partial charge in [-0.25, -0.2) is 0 Å². The van der Waals surface area contributed by atoms with Gasteiger partial charge in [-0.3, -0.25) is 4.79 Å². The Hall–Kier alpha value is -0.670. The molecule has 0 spiro atoms. The van der Waals surface area contributed by atoms with Crippen molar-refractivity contribution in [2.45, 2.75) is 71.0 Å². The van der Waals surface area contributed by atoms with Crippen molar-refractivity contribution in [1.29, 1.82) is 0 Å². The van der Waals surface area contributed by atoms with Gasteiger partial charge in [0.2, 0.25) is 0 Å². The molecule has 0 amide bonds. The molecule has 0 radical (unpaired) electrons. The molecule has 1 saturated heterocycles. The van der Waals surface area contributed by atoms with Crippen LogP contribution < -0.4 is 0 Å². The minimum atomic E-state index is -0.0233. The maximum Gasteiger partial charge on any atom is 0.139 e. The first-order valence-electron chi connectivity index (χ1n) is 9.98. The van der Waals surface area contributed by atoms with Crippen molar-refractivity contribution in [3.63, 3.8) is 0 Å². The Kier molecular flexibility index (Phi) is 3.35. The van der Waals surface area contributed by atoms with E-state index in [1.165, 1.54) is 12.8 Å². The lowest BCUT2D eigenvalue weighted by molar-refractivity contribution is -0.173. The number of Topliss-reactive ketones (excluding diaryl/α,β-unsaturated/α-hetero) is 1. The zero-order chi connectivity index (χ0) is 16.5. The Morgan fingerprint density at radius 3 is 2.62 bits per heavy atom. The van der Waals surface area contributed by atoms with Crippen molar-refractivity contribution >= 4 is 5.78 Å². The average Bonchev–Trinajstić information content (AvgIpc) is 2.88. The van der Waals surface area contributed by atoms with Gasteiger partial charge in [0.15, 0.2) is 0 Å². The molecule has 0 aromatic heterocycles. The molecule has 0 bridgehead atoms. The van der Waals surface area contributed by atoms with E-state index in [0.717, 1.165) is 51.2 Å². The predicted molar refractivity (Wildman–Crippen MR) is 91.6 cm³/mol. The van der Waals surface area contributed by atoms with E-state index in [-0.39, 0.29) is 23.0 Å². The zero-order valence-electron chi connectivity index (χ0n) is 15.1. The monoisotopic (exact) mass is 330 g/mol. The molecule has 0 aromatic rings.